The molecule has 0 aliphatic rings. The number of hydrogen-bond donors (Lipinski definition) is 1. The maximum absolute atomic E-state index is 5.82. The molecular formula is C12H22N2O. The Bertz CT molecular complexity index is 315. The Hall–Kier alpha value is -0.990. The van der Waals surface area contributed by atoms with Crippen LogP contribution in [0.15, 0.2) is 4.52 Å². The van der Waals surface area contributed by atoms with Gasteiger partial charge in [0.1, 0.15) is 5.76 Å². The molecule has 0 aliphatic heterocycles. The van der Waals surface area contributed by atoms with Crippen molar-refractivity contribution in [3.05, 3.63) is 11.3 Å². The van der Waals surface area contributed by atoms with Gasteiger partial charge in [0.25, 0.3) is 0 Å². The van der Waals surface area contributed by atoms with E-state index in [0.29, 0.717) is 23.6 Å². The predicted molar refractivity (Wildman–Crippen MR) is 62.7 cm³/mol. The Morgan fingerprint density at radius 3 is 2.27 bits per heavy atom. The molecule has 1 aromatic rings. The fraction of sp³-hybridized carbons (Fsp3) is 0.750. The lowest BCUT2D eigenvalue weighted by molar-refractivity contribution is 0.337. The zero-order valence-electron chi connectivity index (χ0n) is 10.4. The van der Waals surface area contributed by atoms with Gasteiger partial charge in [-0.2, -0.15) is 0 Å². The number of nitrogen functional groups attached to an aromatic ring is 1. The van der Waals surface area contributed by atoms with E-state index in [9.17, 15) is 0 Å². The highest BCUT2D eigenvalue weighted by Gasteiger charge is 2.22. The molecule has 0 saturated carbocycles. The molecule has 1 heterocycles. The van der Waals surface area contributed by atoms with Gasteiger partial charge in [0.15, 0.2) is 5.82 Å². The van der Waals surface area contributed by atoms with Gasteiger partial charge in [-0.3, -0.25) is 0 Å². The second kappa shape index (κ2) is 4.69. The second-order valence-electron chi connectivity index (χ2n) is 5.04. The Labute approximate surface area is 92.0 Å². The first-order valence-electron chi connectivity index (χ1n) is 5.67. The maximum Gasteiger partial charge on any atom is 0.170 e. The van der Waals surface area contributed by atoms with Crippen molar-refractivity contribution in [1.82, 2.24) is 5.16 Å². The highest BCUT2D eigenvalue weighted by molar-refractivity contribution is 5.41. The molecule has 3 heteroatoms. The van der Waals surface area contributed by atoms with Crippen molar-refractivity contribution in [2.45, 2.75) is 47.0 Å². The van der Waals surface area contributed by atoms with Gasteiger partial charge in [-0.05, 0) is 18.3 Å². The minimum Gasteiger partial charge on any atom is -0.381 e. The van der Waals surface area contributed by atoms with E-state index in [4.69, 9.17) is 10.3 Å². The summed E-state index contributed by atoms with van der Waals surface area (Å²) in [4.78, 5) is 0. The standard InChI is InChI=1S/C12H22N2O/c1-7(2)6-10-11(9(5)8(3)4)15-14-12(10)13/h7-9H,6H2,1-5H3,(H2,13,14). The summed E-state index contributed by atoms with van der Waals surface area (Å²) < 4.78 is 5.34. The summed E-state index contributed by atoms with van der Waals surface area (Å²) in [6.45, 7) is 10.9. The molecule has 1 rings (SSSR count). The normalized spacial score (nSPS) is 13.8. The van der Waals surface area contributed by atoms with Crippen molar-refractivity contribution in [3.63, 3.8) is 0 Å². The smallest absolute Gasteiger partial charge is 0.170 e. The van der Waals surface area contributed by atoms with E-state index in [1.54, 1.807) is 0 Å². The topological polar surface area (TPSA) is 52.0 Å². The van der Waals surface area contributed by atoms with Gasteiger partial charge in [-0.15, -0.1) is 0 Å². The first-order valence-corrected chi connectivity index (χ1v) is 5.67. The lowest BCUT2D eigenvalue weighted by Crippen LogP contribution is -2.06. The van der Waals surface area contributed by atoms with Crippen LogP contribution in [0.4, 0.5) is 5.82 Å². The van der Waals surface area contributed by atoms with Crippen LogP contribution in [0.2, 0.25) is 0 Å². The Balaban J connectivity index is 2.97. The number of anilines is 1. The van der Waals surface area contributed by atoms with Crippen LogP contribution in [0.3, 0.4) is 0 Å². The monoisotopic (exact) mass is 210 g/mol. The number of nitrogens with two attached hydrogens (primary N) is 1. The number of hydrogen-bond acceptors (Lipinski definition) is 3. The molecule has 1 aromatic heterocycles. The van der Waals surface area contributed by atoms with Crippen molar-refractivity contribution >= 4 is 5.82 Å². The summed E-state index contributed by atoms with van der Waals surface area (Å²) in [5, 5.41) is 3.88. The summed E-state index contributed by atoms with van der Waals surface area (Å²) in [6, 6.07) is 0. The molecule has 0 fully saturated rings. The van der Waals surface area contributed by atoms with Gasteiger partial charge < -0.3 is 10.3 Å². The lowest BCUT2D eigenvalue weighted by Gasteiger charge is -2.14. The zero-order valence-corrected chi connectivity index (χ0v) is 10.4. The van der Waals surface area contributed by atoms with Crippen molar-refractivity contribution in [2.75, 3.05) is 5.73 Å². The van der Waals surface area contributed by atoms with E-state index in [0.717, 1.165) is 17.7 Å². The molecule has 15 heavy (non-hydrogen) atoms. The molecule has 0 bridgehead atoms. The van der Waals surface area contributed by atoms with Crippen LogP contribution in [0.25, 0.3) is 0 Å². The highest BCUT2D eigenvalue weighted by Crippen LogP contribution is 2.31. The van der Waals surface area contributed by atoms with Gasteiger partial charge in [-0.25, -0.2) is 0 Å². The van der Waals surface area contributed by atoms with E-state index in [-0.39, 0.29) is 0 Å². The number of nitrogens with zero attached hydrogens (tertiary/aromatic N) is 1. The summed E-state index contributed by atoms with van der Waals surface area (Å²) in [6.07, 6.45) is 0.946. The van der Waals surface area contributed by atoms with Crippen molar-refractivity contribution < 1.29 is 4.52 Å². The van der Waals surface area contributed by atoms with Gasteiger partial charge in [0, 0.05) is 11.5 Å². The van der Waals surface area contributed by atoms with Gasteiger partial charge in [0.2, 0.25) is 0 Å². The van der Waals surface area contributed by atoms with E-state index >= 15 is 0 Å². The van der Waals surface area contributed by atoms with Crippen LogP contribution in [0, 0.1) is 11.8 Å². The fourth-order valence-electron chi connectivity index (χ4n) is 1.61. The van der Waals surface area contributed by atoms with Crippen LogP contribution >= 0.6 is 0 Å². The molecule has 0 radical (unpaired) electrons. The van der Waals surface area contributed by atoms with E-state index in [1.165, 1.54) is 0 Å². The van der Waals surface area contributed by atoms with Crippen LogP contribution < -0.4 is 5.73 Å². The number of rotatable bonds is 4. The molecule has 1 atom stereocenters. The summed E-state index contributed by atoms with van der Waals surface area (Å²) in [5.74, 6) is 3.03. The van der Waals surface area contributed by atoms with E-state index < -0.39 is 0 Å². The summed E-state index contributed by atoms with van der Waals surface area (Å²) >= 11 is 0. The Kier molecular flexibility index (Phi) is 3.77. The molecule has 1 unspecified atom stereocenters. The third-order valence-corrected chi connectivity index (χ3v) is 2.87. The van der Waals surface area contributed by atoms with Crippen molar-refractivity contribution in [1.29, 1.82) is 0 Å². The number of aromatic nitrogens is 1. The Morgan fingerprint density at radius 1 is 1.20 bits per heavy atom. The fourth-order valence-corrected chi connectivity index (χ4v) is 1.61. The van der Waals surface area contributed by atoms with Gasteiger partial charge in [0.05, 0.1) is 0 Å². The first-order chi connectivity index (χ1) is 6.93. The van der Waals surface area contributed by atoms with E-state index in [2.05, 4.69) is 39.8 Å². The summed E-state index contributed by atoms with van der Waals surface area (Å²) in [7, 11) is 0. The SMILES string of the molecule is CC(C)Cc1c(N)noc1C(C)C(C)C. The molecule has 3 nitrogen and oxygen atoms in total. The minimum atomic E-state index is 0.378. The van der Waals surface area contributed by atoms with Crippen molar-refractivity contribution in [2.24, 2.45) is 11.8 Å². The molecule has 86 valence electrons. The van der Waals surface area contributed by atoms with Gasteiger partial charge >= 0.3 is 0 Å². The lowest BCUT2D eigenvalue weighted by atomic mass is 9.90. The second-order valence-corrected chi connectivity index (χ2v) is 5.04. The minimum absolute atomic E-state index is 0.378. The first kappa shape index (κ1) is 12.1. The predicted octanol–water partition coefficient (Wildman–Crippen LogP) is 3.21. The Morgan fingerprint density at radius 2 is 1.80 bits per heavy atom. The molecular weight excluding hydrogens is 188 g/mol. The maximum atomic E-state index is 5.82. The van der Waals surface area contributed by atoms with Crippen LogP contribution in [-0.4, -0.2) is 5.16 Å². The molecule has 0 saturated heterocycles. The molecule has 0 spiro atoms. The zero-order chi connectivity index (χ0) is 11.6. The van der Waals surface area contributed by atoms with E-state index in [1.807, 2.05) is 0 Å². The molecule has 0 aliphatic carbocycles. The third-order valence-electron chi connectivity index (χ3n) is 2.87. The van der Waals surface area contributed by atoms with Crippen LogP contribution in [0.5, 0.6) is 0 Å². The molecule has 2 N–H and O–H groups in total. The molecule has 0 aromatic carbocycles. The highest BCUT2D eigenvalue weighted by atomic mass is 16.5. The largest absolute Gasteiger partial charge is 0.381 e. The average Bonchev–Trinajstić information content (AvgIpc) is 2.46. The molecule has 0 amide bonds. The third kappa shape index (κ3) is 2.74. The quantitative estimate of drug-likeness (QED) is 0.830. The summed E-state index contributed by atoms with van der Waals surface area (Å²) in [5.41, 5.74) is 6.93. The average molecular weight is 210 g/mol. The van der Waals surface area contributed by atoms with Crippen molar-refractivity contribution in [3.8, 4) is 0 Å². The van der Waals surface area contributed by atoms with Gasteiger partial charge in [-0.1, -0.05) is 39.8 Å². The van der Waals surface area contributed by atoms with Crippen LogP contribution in [0.1, 0.15) is 51.9 Å². The van der Waals surface area contributed by atoms with Crippen LogP contribution in [-0.2, 0) is 6.42 Å².